The molecule has 2 heterocycles. The molecule has 0 amide bonds. The van der Waals surface area contributed by atoms with Gasteiger partial charge in [-0.25, -0.2) is 0 Å². The lowest BCUT2D eigenvalue weighted by atomic mass is 9.84. The maximum absolute atomic E-state index is 5.52. The highest BCUT2D eigenvalue weighted by Gasteiger charge is 2.40. The van der Waals surface area contributed by atoms with E-state index >= 15 is 0 Å². The molecular formula is C32H42N4. The van der Waals surface area contributed by atoms with Crippen molar-refractivity contribution in [3.05, 3.63) is 59.7 Å². The van der Waals surface area contributed by atoms with Crippen molar-refractivity contribution in [2.24, 2.45) is 21.8 Å². The van der Waals surface area contributed by atoms with Crippen molar-refractivity contribution in [3.8, 4) is 0 Å². The second-order valence-electron chi connectivity index (χ2n) is 11.7. The van der Waals surface area contributed by atoms with Gasteiger partial charge < -0.3 is 9.80 Å². The van der Waals surface area contributed by atoms with Crippen molar-refractivity contribution >= 4 is 23.0 Å². The molecular weight excluding hydrogens is 440 g/mol. The van der Waals surface area contributed by atoms with Crippen LogP contribution < -0.4 is 9.80 Å². The first-order chi connectivity index (χ1) is 17.7. The van der Waals surface area contributed by atoms with E-state index in [4.69, 9.17) is 9.98 Å². The maximum Gasteiger partial charge on any atom is 0.172 e. The highest BCUT2D eigenvalue weighted by molar-refractivity contribution is 6.50. The summed E-state index contributed by atoms with van der Waals surface area (Å²) in [6, 6.07) is 18.8. The van der Waals surface area contributed by atoms with Crippen LogP contribution in [0.1, 0.15) is 75.3 Å². The number of nitrogens with zero attached hydrogens (tertiary/aromatic N) is 4. The van der Waals surface area contributed by atoms with Gasteiger partial charge in [-0.15, -0.1) is 0 Å². The molecule has 2 fully saturated rings. The van der Waals surface area contributed by atoms with Gasteiger partial charge in [-0.3, -0.25) is 9.98 Å². The lowest BCUT2D eigenvalue weighted by molar-refractivity contribution is 0.315. The van der Waals surface area contributed by atoms with Gasteiger partial charge >= 0.3 is 0 Å². The number of hydrogen-bond donors (Lipinski definition) is 0. The monoisotopic (exact) mass is 482 g/mol. The fourth-order valence-corrected chi connectivity index (χ4v) is 6.89. The predicted molar refractivity (Wildman–Crippen MR) is 153 cm³/mol. The van der Waals surface area contributed by atoms with E-state index < -0.39 is 0 Å². The fourth-order valence-electron chi connectivity index (χ4n) is 6.89. The molecule has 2 atom stereocenters. The molecule has 0 saturated heterocycles. The van der Waals surface area contributed by atoms with Crippen LogP contribution in [0.25, 0.3) is 0 Å². The molecule has 4 aliphatic rings. The summed E-state index contributed by atoms with van der Waals surface area (Å²) in [7, 11) is 0. The first-order valence-electron chi connectivity index (χ1n) is 14.5. The zero-order valence-corrected chi connectivity index (χ0v) is 22.2. The summed E-state index contributed by atoms with van der Waals surface area (Å²) >= 11 is 0. The zero-order chi connectivity index (χ0) is 24.5. The van der Waals surface area contributed by atoms with E-state index in [1.807, 2.05) is 0 Å². The third-order valence-corrected chi connectivity index (χ3v) is 9.11. The average Bonchev–Trinajstić information content (AvgIpc) is 3.56. The molecule has 6 rings (SSSR count). The highest BCUT2D eigenvalue weighted by atomic mass is 15.4. The van der Waals surface area contributed by atoms with Gasteiger partial charge in [0.25, 0.3) is 0 Å². The van der Waals surface area contributed by atoms with Gasteiger partial charge in [0.2, 0.25) is 0 Å². The minimum Gasteiger partial charge on any atom is -0.321 e. The van der Waals surface area contributed by atoms with Gasteiger partial charge in [0.1, 0.15) is 0 Å². The second-order valence-corrected chi connectivity index (χ2v) is 11.7. The number of anilines is 2. The largest absolute Gasteiger partial charge is 0.321 e. The van der Waals surface area contributed by atoms with Crippen molar-refractivity contribution in [1.29, 1.82) is 0 Å². The topological polar surface area (TPSA) is 31.2 Å². The van der Waals surface area contributed by atoms with Gasteiger partial charge in [0.15, 0.2) is 11.7 Å². The number of aliphatic imine (C=N–C) groups is 2. The van der Waals surface area contributed by atoms with Gasteiger partial charge in [0.05, 0.1) is 12.1 Å². The van der Waals surface area contributed by atoms with E-state index in [0.717, 1.165) is 24.8 Å². The molecule has 190 valence electrons. The number of benzene rings is 2. The lowest BCUT2D eigenvalue weighted by Crippen LogP contribution is -2.42. The van der Waals surface area contributed by atoms with Crippen LogP contribution in [0.2, 0.25) is 0 Å². The van der Waals surface area contributed by atoms with Gasteiger partial charge in [-0.05, 0) is 75.6 Å². The Labute approximate surface area is 217 Å². The highest BCUT2D eigenvalue weighted by Crippen LogP contribution is 2.36. The van der Waals surface area contributed by atoms with Crippen molar-refractivity contribution in [2.75, 3.05) is 22.9 Å². The number of amidine groups is 2. The van der Waals surface area contributed by atoms with Crippen LogP contribution >= 0.6 is 0 Å². The number of aryl methyl sites for hydroxylation is 2. The molecule has 0 radical (unpaired) electrons. The summed E-state index contributed by atoms with van der Waals surface area (Å²) in [4.78, 5) is 16.0. The SMILES string of the molecule is Cc1ccc(N2C[C@H](C3CCCCC3)N=C2C2=N[C@@H](C3CCCCC3)CN2c2ccc(C)cc2)cc1. The molecule has 0 N–H and O–H groups in total. The third-order valence-electron chi connectivity index (χ3n) is 9.11. The molecule has 0 bridgehead atoms. The summed E-state index contributed by atoms with van der Waals surface area (Å²) in [6.45, 7) is 6.31. The Balaban J connectivity index is 1.39. The molecule has 2 aromatic rings. The third kappa shape index (κ3) is 4.84. The molecule has 4 heteroatoms. The van der Waals surface area contributed by atoms with Crippen LogP contribution in [-0.2, 0) is 0 Å². The van der Waals surface area contributed by atoms with Crippen LogP contribution in [0.5, 0.6) is 0 Å². The second kappa shape index (κ2) is 10.4. The Bertz CT molecular complexity index is 998. The van der Waals surface area contributed by atoms with Crippen molar-refractivity contribution in [3.63, 3.8) is 0 Å². The average molecular weight is 483 g/mol. The Morgan fingerprint density at radius 3 is 1.25 bits per heavy atom. The van der Waals surface area contributed by atoms with E-state index in [-0.39, 0.29) is 0 Å². The van der Waals surface area contributed by atoms with Crippen LogP contribution in [0.3, 0.4) is 0 Å². The van der Waals surface area contributed by atoms with Crippen LogP contribution in [0.4, 0.5) is 11.4 Å². The standard InChI is InChI=1S/C32H42N4/c1-23-13-17-27(18-14-23)35-21-29(25-9-5-3-6-10-25)33-31(35)32-34-30(26-11-7-4-8-12-26)22-36(32)28-19-15-24(2)16-20-28/h13-20,25-26,29-30H,3-12,21-22H2,1-2H3/t29-,30-/m1/s1. The normalized spacial score (nSPS) is 25.8. The molecule has 0 aromatic heterocycles. The van der Waals surface area contributed by atoms with Crippen molar-refractivity contribution in [2.45, 2.75) is 90.1 Å². The minimum atomic E-state index is 0.373. The Kier molecular flexibility index (Phi) is 6.86. The first-order valence-corrected chi connectivity index (χ1v) is 14.5. The smallest absolute Gasteiger partial charge is 0.172 e. The Hall–Kier alpha value is -2.62. The van der Waals surface area contributed by atoms with E-state index in [0.29, 0.717) is 23.9 Å². The molecule has 0 spiro atoms. The quantitative estimate of drug-likeness (QED) is 0.446. The van der Waals surface area contributed by atoms with Crippen LogP contribution in [-0.4, -0.2) is 36.8 Å². The van der Waals surface area contributed by atoms with E-state index in [1.165, 1.54) is 86.7 Å². The zero-order valence-electron chi connectivity index (χ0n) is 22.2. The van der Waals surface area contributed by atoms with Crippen LogP contribution in [0, 0.1) is 25.7 Å². The first kappa shape index (κ1) is 23.8. The van der Waals surface area contributed by atoms with Crippen molar-refractivity contribution < 1.29 is 0 Å². The molecule has 0 unspecified atom stereocenters. The van der Waals surface area contributed by atoms with Gasteiger partial charge in [-0.1, -0.05) is 73.9 Å². The predicted octanol–water partition coefficient (Wildman–Crippen LogP) is 7.34. The molecule has 36 heavy (non-hydrogen) atoms. The summed E-state index contributed by atoms with van der Waals surface area (Å²) in [5.74, 6) is 3.61. The molecule has 2 aromatic carbocycles. The van der Waals surface area contributed by atoms with Crippen molar-refractivity contribution in [1.82, 2.24) is 0 Å². The number of rotatable bonds is 5. The summed E-state index contributed by atoms with van der Waals surface area (Å²) < 4.78 is 0. The number of hydrogen-bond acceptors (Lipinski definition) is 4. The maximum atomic E-state index is 5.52. The van der Waals surface area contributed by atoms with E-state index in [2.05, 4.69) is 72.2 Å². The summed E-state index contributed by atoms with van der Waals surface area (Å²) in [5, 5.41) is 0. The molecule has 2 aliphatic carbocycles. The van der Waals surface area contributed by atoms with Crippen LogP contribution in [0.15, 0.2) is 58.5 Å². The van der Waals surface area contributed by atoms with E-state index in [9.17, 15) is 0 Å². The summed E-state index contributed by atoms with van der Waals surface area (Å²) in [6.07, 6.45) is 13.5. The lowest BCUT2D eigenvalue weighted by Gasteiger charge is -2.28. The molecule has 4 nitrogen and oxygen atoms in total. The fraction of sp³-hybridized carbons (Fsp3) is 0.562. The Morgan fingerprint density at radius 1 is 0.528 bits per heavy atom. The Morgan fingerprint density at radius 2 is 0.889 bits per heavy atom. The van der Waals surface area contributed by atoms with Gasteiger partial charge in [-0.2, -0.15) is 0 Å². The molecule has 2 aliphatic heterocycles. The minimum absolute atomic E-state index is 0.373. The summed E-state index contributed by atoms with van der Waals surface area (Å²) in [5.41, 5.74) is 5.12. The molecule has 2 saturated carbocycles. The van der Waals surface area contributed by atoms with E-state index in [1.54, 1.807) is 0 Å². The van der Waals surface area contributed by atoms with Gasteiger partial charge in [0, 0.05) is 24.5 Å².